The zero-order valence-electron chi connectivity index (χ0n) is 22.5. The predicted molar refractivity (Wildman–Crippen MR) is 154 cm³/mol. The lowest BCUT2D eigenvalue weighted by Gasteiger charge is -2.27. The molecule has 5 rings (SSSR count). The van der Waals surface area contributed by atoms with E-state index in [1.54, 1.807) is 43.3 Å². The average Bonchev–Trinajstić information content (AvgIpc) is 3.20. The molecule has 3 aromatic carbocycles. The highest BCUT2D eigenvalue weighted by Gasteiger charge is 2.53. The van der Waals surface area contributed by atoms with E-state index in [4.69, 9.17) is 5.11 Å². The monoisotopic (exact) mass is 554 g/mol. The van der Waals surface area contributed by atoms with Crippen molar-refractivity contribution in [2.75, 3.05) is 16.5 Å². The SMILES string of the molecule is C[C@H](/C=C/CCO)[C@@]1(O)C(=O)N(Cc2ccc(N3N=C(c4ccccc4)CCC3=O)cc2)c2ccc([N+](=O)[O-])cc21. The lowest BCUT2D eigenvalue weighted by Crippen LogP contribution is -2.44. The Bertz CT molecular complexity index is 1540. The van der Waals surface area contributed by atoms with Crippen molar-refractivity contribution in [2.45, 2.75) is 38.3 Å². The molecule has 0 fully saturated rings. The van der Waals surface area contributed by atoms with E-state index >= 15 is 0 Å². The van der Waals surface area contributed by atoms with Crippen LogP contribution in [0.2, 0.25) is 0 Å². The normalized spacial score (nSPS) is 19.4. The highest BCUT2D eigenvalue weighted by atomic mass is 16.6. The van der Waals surface area contributed by atoms with Crippen molar-refractivity contribution in [3.8, 4) is 0 Å². The summed E-state index contributed by atoms with van der Waals surface area (Å²) in [6.45, 7) is 1.68. The molecule has 2 atom stereocenters. The largest absolute Gasteiger partial charge is 0.396 e. The number of hydrogen-bond acceptors (Lipinski definition) is 7. The summed E-state index contributed by atoms with van der Waals surface area (Å²) in [6.07, 6.45) is 4.55. The van der Waals surface area contributed by atoms with Crippen LogP contribution >= 0.6 is 0 Å². The van der Waals surface area contributed by atoms with E-state index in [-0.39, 0.29) is 30.3 Å². The average molecular weight is 555 g/mol. The predicted octanol–water partition coefficient (Wildman–Crippen LogP) is 4.44. The van der Waals surface area contributed by atoms with Gasteiger partial charge in [-0.25, -0.2) is 5.01 Å². The second-order valence-corrected chi connectivity index (χ2v) is 10.1. The molecule has 0 aliphatic carbocycles. The third kappa shape index (κ3) is 5.27. The fourth-order valence-electron chi connectivity index (χ4n) is 5.24. The van der Waals surface area contributed by atoms with E-state index in [1.807, 2.05) is 30.3 Å². The van der Waals surface area contributed by atoms with Crippen molar-refractivity contribution in [1.82, 2.24) is 0 Å². The van der Waals surface area contributed by atoms with Crippen LogP contribution in [0.5, 0.6) is 0 Å². The standard InChI is InChI=1S/C31H30N4O6/c1-21(7-5-6-18-36)31(39)26-19-25(35(40)41)14-16-28(26)33(30(31)38)20-22-10-12-24(13-11-22)34-29(37)17-15-27(32-34)23-8-3-2-4-9-23/h2-5,7-14,16,19,21,36,39H,6,15,17-18,20H2,1H3/b7-5+/t21-,31+/m1/s1. The molecule has 0 unspecified atom stereocenters. The van der Waals surface area contributed by atoms with Gasteiger partial charge >= 0.3 is 0 Å². The van der Waals surface area contributed by atoms with Gasteiger partial charge in [0.05, 0.1) is 28.6 Å². The number of anilines is 2. The number of nitrogens with zero attached hydrogens (tertiary/aromatic N) is 4. The molecule has 2 N–H and O–H groups in total. The molecule has 3 aromatic rings. The van der Waals surface area contributed by atoms with Crippen molar-refractivity contribution in [3.05, 3.63) is 112 Å². The van der Waals surface area contributed by atoms with Gasteiger partial charge in [0.15, 0.2) is 5.60 Å². The maximum absolute atomic E-state index is 13.7. The van der Waals surface area contributed by atoms with Crippen LogP contribution in [0.4, 0.5) is 17.1 Å². The quantitative estimate of drug-likeness (QED) is 0.228. The summed E-state index contributed by atoms with van der Waals surface area (Å²) in [5.41, 5.74) is 1.41. The van der Waals surface area contributed by atoms with Crippen LogP contribution in [0.15, 0.2) is 90.0 Å². The summed E-state index contributed by atoms with van der Waals surface area (Å²) in [6, 6.07) is 20.8. The molecular weight excluding hydrogens is 524 g/mol. The van der Waals surface area contributed by atoms with Crippen LogP contribution in [0.1, 0.15) is 42.9 Å². The molecule has 2 heterocycles. The van der Waals surface area contributed by atoms with Crippen LogP contribution < -0.4 is 9.91 Å². The molecule has 2 aliphatic heterocycles. The molecule has 10 nitrogen and oxygen atoms in total. The summed E-state index contributed by atoms with van der Waals surface area (Å²) >= 11 is 0. The van der Waals surface area contributed by atoms with Crippen molar-refractivity contribution >= 4 is 34.6 Å². The number of hydrogen-bond donors (Lipinski definition) is 2. The van der Waals surface area contributed by atoms with Crippen molar-refractivity contribution in [2.24, 2.45) is 11.0 Å². The summed E-state index contributed by atoms with van der Waals surface area (Å²) in [7, 11) is 0. The minimum absolute atomic E-state index is 0.0817. The Balaban J connectivity index is 1.43. The third-order valence-corrected chi connectivity index (χ3v) is 7.50. The minimum Gasteiger partial charge on any atom is -0.396 e. The molecule has 0 saturated carbocycles. The van der Waals surface area contributed by atoms with Crippen LogP contribution in [0, 0.1) is 16.0 Å². The van der Waals surface area contributed by atoms with Crippen LogP contribution in [0.3, 0.4) is 0 Å². The van der Waals surface area contributed by atoms with Crippen LogP contribution in [-0.2, 0) is 21.7 Å². The number of carbonyl (C=O) groups is 2. The molecule has 0 spiro atoms. The minimum atomic E-state index is -2.02. The molecule has 0 saturated heterocycles. The van der Waals surface area contributed by atoms with Crippen molar-refractivity contribution in [1.29, 1.82) is 0 Å². The Morgan fingerprint density at radius 1 is 1.07 bits per heavy atom. The van der Waals surface area contributed by atoms with Gasteiger partial charge in [-0.3, -0.25) is 19.7 Å². The molecule has 0 aromatic heterocycles. The third-order valence-electron chi connectivity index (χ3n) is 7.50. The first-order valence-electron chi connectivity index (χ1n) is 13.4. The van der Waals surface area contributed by atoms with E-state index in [1.165, 1.54) is 28.1 Å². The second kappa shape index (κ2) is 11.4. The summed E-state index contributed by atoms with van der Waals surface area (Å²) in [5.74, 6) is -1.42. The number of benzene rings is 3. The van der Waals surface area contributed by atoms with Gasteiger partial charge in [-0.1, -0.05) is 61.5 Å². The van der Waals surface area contributed by atoms with Gasteiger partial charge in [-0.15, -0.1) is 0 Å². The first kappa shape index (κ1) is 27.9. The lowest BCUT2D eigenvalue weighted by atomic mass is 9.82. The number of rotatable bonds is 9. The number of nitro groups is 1. The molecule has 0 bridgehead atoms. The van der Waals surface area contributed by atoms with Crippen molar-refractivity contribution < 1.29 is 24.7 Å². The molecule has 2 aliphatic rings. The lowest BCUT2D eigenvalue weighted by molar-refractivity contribution is -0.385. The molecule has 0 radical (unpaired) electrons. The van der Waals surface area contributed by atoms with Gasteiger partial charge in [0, 0.05) is 43.1 Å². The topological polar surface area (TPSA) is 137 Å². The van der Waals surface area contributed by atoms with E-state index in [0.717, 1.165) is 16.8 Å². The zero-order valence-corrected chi connectivity index (χ0v) is 22.5. The summed E-state index contributed by atoms with van der Waals surface area (Å²) in [4.78, 5) is 38.8. The molecular formula is C31H30N4O6. The smallest absolute Gasteiger partial charge is 0.269 e. The van der Waals surface area contributed by atoms with Gasteiger partial charge in [0.2, 0.25) is 5.91 Å². The maximum Gasteiger partial charge on any atom is 0.269 e. The van der Waals surface area contributed by atoms with Crippen LogP contribution in [0.25, 0.3) is 0 Å². The maximum atomic E-state index is 13.7. The fourth-order valence-corrected chi connectivity index (χ4v) is 5.24. The number of non-ortho nitro benzene ring substituents is 1. The Labute approximate surface area is 237 Å². The first-order chi connectivity index (χ1) is 19.7. The number of hydrazone groups is 1. The Kier molecular flexibility index (Phi) is 7.78. The second-order valence-electron chi connectivity index (χ2n) is 10.1. The highest BCUT2D eigenvalue weighted by molar-refractivity contribution is 6.09. The first-order valence-corrected chi connectivity index (χ1v) is 13.4. The highest BCUT2D eigenvalue weighted by Crippen LogP contribution is 2.47. The van der Waals surface area contributed by atoms with Gasteiger partial charge in [0.1, 0.15) is 0 Å². The van der Waals surface area contributed by atoms with Crippen molar-refractivity contribution in [3.63, 3.8) is 0 Å². The number of aliphatic hydroxyl groups is 2. The number of carbonyl (C=O) groups excluding carboxylic acids is 2. The van der Waals surface area contributed by atoms with Gasteiger partial charge < -0.3 is 15.1 Å². The van der Waals surface area contributed by atoms with E-state index in [0.29, 0.717) is 30.6 Å². The number of aliphatic hydroxyl groups excluding tert-OH is 1. The molecule has 10 heteroatoms. The van der Waals surface area contributed by atoms with E-state index in [2.05, 4.69) is 5.10 Å². The number of amides is 2. The van der Waals surface area contributed by atoms with Gasteiger partial charge in [-0.2, -0.15) is 5.10 Å². The molecule has 41 heavy (non-hydrogen) atoms. The summed E-state index contributed by atoms with van der Waals surface area (Å²) < 4.78 is 0. The van der Waals surface area contributed by atoms with Gasteiger partial charge in [0.25, 0.3) is 11.6 Å². The molecule has 2 amide bonds. The van der Waals surface area contributed by atoms with E-state index < -0.39 is 22.3 Å². The van der Waals surface area contributed by atoms with Gasteiger partial charge in [-0.05, 0) is 35.7 Å². The fraction of sp³-hybridized carbons (Fsp3) is 0.258. The van der Waals surface area contributed by atoms with E-state index in [9.17, 15) is 24.8 Å². The number of nitro benzene ring substituents is 1. The Morgan fingerprint density at radius 3 is 2.49 bits per heavy atom. The van der Waals surface area contributed by atoms with Crippen LogP contribution in [-0.4, -0.2) is 39.3 Å². The zero-order chi connectivity index (χ0) is 29.1. The molecule has 210 valence electrons. The summed E-state index contributed by atoms with van der Waals surface area (Å²) in [5, 5.41) is 38.3. The Morgan fingerprint density at radius 2 is 1.80 bits per heavy atom. The number of fused-ring (bicyclic) bond motifs is 1. The Hall–Kier alpha value is -4.67.